The Morgan fingerprint density at radius 2 is 1.50 bits per heavy atom. The molecule has 0 saturated heterocycles. The third-order valence-corrected chi connectivity index (χ3v) is 4.74. The molecule has 1 amide bonds. The van der Waals surface area contributed by atoms with Crippen LogP contribution in [-0.2, 0) is 0 Å². The van der Waals surface area contributed by atoms with Crippen molar-refractivity contribution >= 4 is 21.8 Å². The summed E-state index contributed by atoms with van der Waals surface area (Å²) in [7, 11) is 6.25. The number of hydrogen-bond acceptors (Lipinski definition) is 5. The molecular weight excluding hydrogens is 402 g/mol. The minimum atomic E-state index is -0.298. The first-order valence-electron chi connectivity index (χ1n) is 7.89. The van der Waals surface area contributed by atoms with Crippen LogP contribution in [-0.4, -0.2) is 34.3 Å². The van der Waals surface area contributed by atoms with Gasteiger partial charge >= 0.3 is 0 Å². The molecule has 0 saturated carbocycles. The molecule has 6 nitrogen and oxygen atoms in total. The molecule has 0 aliphatic carbocycles. The number of methoxy groups -OCH3 is 4. The Labute approximate surface area is 161 Å². The fourth-order valence-corrected chi connectivity index (χ4v) is 3.09. The van der Waals surface area contributed by atoms with Crippen molar-refractivity contribution in [1.82, 2.24) is 5.32 Å². The fraction of sp³-hybridized carbons (Fsp3) is 0.316. The zero-order valence-corrected chi connectivity index (χ0v) is 17.0. The molecule has 0 aromatic heterocycles. The first-order chi connectivity index (χ1) is 12.4. The molecule has 26 heavy (non-hydrogen) atoms. The smallest absolute Gasteiger partial charge is 0.252 e. The van der Waals surface area contributed by atoms with Crippen molar-refractivity contribution in [3.63, 3.8) is 0 Å². The van der Waals surface area contributed by atoms with Crippen molar-refractivity contribution in [1.29, 1.82) is 0 Å². The number of halogens is 1. The van der Waals surface area contributed by atoms with Gasteiger partial charge in [0, 0.05) is 11.1 Å². The lowest BCUT2D eigenvalue weighted by Crippen LogP contribution is -2.27. The van der Waals surface area contributed by atoms with Crippen LogP contribution in [0, 0.1) is 0 Å². The Bertz CT molecular complexity index is 768. The molecule has 0 spiro atoms. The van der Waals surface area contributed by atoms with E-state index in [4.69, 9.17) is 18.9 Å². The minimum absolute atomic E-state index is 0.258. The Morgan fingerprint density at radius 1 is 0.923 bits per heavy atom. The topological polar surface area (TPSA) is 66.0 Å². The van der Waals surface area contributed by atoms with E-state index in [1.165, 1.54) is 14.2 Å². The summed E-state index contributed by atoms with van der Waals surface area (Å²) in [6.45, 7) is 1.88. The summed E-state index contributed by atoms with van der Waals surface area (Å²) in [5, 5.41) is 2.96. The number of amides is 1. The van der Waals surface area contributed by atoms with Crippen LogP contribution in [0.1, 0.15) is 28.9 Å². The van der Waals surface area contributed by atoms with Crippen LogP contribution in [0.3, 0.4) is 0 Å². The van der Waals surface area contributed by atoms with Crippen LogP contribution in [0.4, 0.5) is 0 Å². The van der Waals surface area contributed by atoms with Gasteiger partial charge in [0.2, 0.25) is 0 Å². The standard InChI is InChI=1S/C19H22BrNO5/c1-11(14-10-13(23-2)6-7-15(14)24-3)21-19(22)12-8-16(25-4)18(20)17(9-12)26-5/h6-11H,1-5H3,(H,21,22). The molecule has 7 heteroatoms. The van der Waals surface area contributed by atoms with Crippen LogP contribution in [0.25, 0.3) is 0 Å². The molecule has 1 unspecified atom stereocenters. The highest BCUT2D eigenvalue weighted by molar-refractivity contribution is 9.10. The highest BCUT2D eigenvalue weighted by Crippen LogP contribution is 2.36. The maximum Gasteiger partial charge on any atom is 0.252 e. The third kappa shape index (κ3) is 4.22. The van der Waals surface area contributed by atoms with Gasteiger partial charge in [-0.3, -0.25) is 4.79 Å². The molecule has 2 aromatic carbocycles. The molecule has 2 rings (SSSR count). The van der Waals surface area contributed by atoms with Crippen molar-refractivity contribution in [2.45, 2.75) is 13.0 Å². The van der Waals surface area contributed by atoms with Gasteiger partial charge in [-0.15, -0.1) is 0 Å². The molecule has 0 aliphatic rings. The van der Waals surface area contributed by atoms with Crippen molar-refractivity contribution in [2.24, 2.45) is 0 Å². The SMILES string of the molecule is COc1ccc(OC)c(C(C)NC(=O)c2cc(OC)c(Br)c(OC)c2)c1. The summed E-state index contributed by atoms with van der Waals surface area (Å²) in [5.41, 5.74) is 1.24. The van der Waals surface area contributed by atoms with E-state index in [0.29, 0.717) is 33.0 Å². The van der Waals surface area contributed by atoms with E-state index in [2.05, 4.69) is 21.2 Å². The molecule has 140 valence electrons. The zero-order valence-electron chi connectivity index (χ0n) is 15.4. The van der Waals surface area contributed by atoms with Gasteiger partial charge in [-0.05, 0) is 53.2 Å². The lowest BCUT2D eigenvalue weighted by Gasteiger charge is -2.19. The van der Waals surface area contributed by atoms with Gasteiger partial charge in [-0.1, -0.05) is 0 Å². The van der Waals surface area contributed by atoms with Crippen LogP contribution >= 0.6 is 15.9 Å². The summed E-state index contributed by atoms with van der Waals surface area (Å²) in [4.78, 5) is 12.7. The number of carbonyl (C=O) groups is 1. The molecule has 0 heterocycles. The van der Waals surface area contributed by atoms with Gasteiger partial charge in [0.25, 0.3) is 5.91 Å². The number of carbonyl (C=O) groups excluding carboxylic acids is 1. The molecule has 0 aliphatic heterocycles. The summed E-state index contributed by atoms with van der Waals surface area (Å²) in [5.74, 6) is 2.13. The van der Waals surface area contributed by atoms with E-state index >= 15 is 0 Å². The summed E-state index contributed by atoms with van der Waals surface area (Å²) in [6.07, 6.45) is 0. The first kappa shape index (κ1) is 19.9. The Balaban J connectivity index is 2.30. The van der Waals surface area contributed by atoms with Crippen molar-refractivity contribution in [2.75, 3.05) is 28.4 Å². The van der Waals surface area contributed by atoms with E-state index in [1.807, 2.05) is 19.1 Å². The lowest BCUT2D eigenvalue weighted by atomic mass is 10.1. The van der Waals surface area contributed by atoms with Crippen molar-refractivity contribution in [3.05, 3.63) is 45.9 Å². The molecule has 1 N–H and O–H groups in total. The number of ether oxygens (including phenoxy) is 4. The van der Waals surface area contributed by atoms with Gasteiger partial charge < -0.3 is 24.3 Å². The van der Waals surface area contributed by atoms with Crippen LogP contribution < -0.4 is 24.3 Å². The lowest BCUT2D eigenvalue weighted by molar-refractivity contribution is 0.0938. The third-order valence-electron chi connectivity index (χ3n) is 3.96. The predicted molar refractivity (Wildman–Crippen MR) is 103 cm³/mol. The number of rotatable bonds is 7. The quantitative estimate of drug-likeness (QED) is 0.729. The van der Waals surface area contributed by atoms with Gasteiger partial charge in [-0.2, -0.15) is 0 Å². The molecule has 0 radical (unpaired) electrons. The number of benzene rings is 2. The predicted octanol–water partition coefficient (Wildman–Crippen LogP) is 3.97. The first-order valence-corrected chi connectivity index (χ1v) is 8.68. The second-order valence-corrected chi connectivity index (χ2v) is 6.29. The van der Waals surface area contributed by atoms with E-state index in [-0.39, 0.29) is 11.9 Å². The highest BCUT2D eigenvalue weighted by Gasteiger charge is 2.19. The highest BCUT2D eigenvalue weighted by atomic mass is 79.9. The molecule has 0 fully saturated rings. The number of nitrogens with one attached hydrogen (secondary N) is 1. The van der Waals surface area contributed by atoms with Gasteiger partial charge in [0.05, 0.1) is 34.5 Å². The van der Waals surface area contributed by atoms with Crippen molar-refractivity contribution in [3.8, 4) is 23.0 Å². The summed E-state index contributed by atoms with van der Waals surface area (Å²) in [6, 6.07) is 8.46. The number of hydrogen-bond donors (Lipinski definition) is 1. The van der Waals surface area contributed by atoms with Crippen LogP contribution in [0.5, 0.6) is 23.0 Å². The maximum atomic E-state index is 12.7. The molecular formula is C19H22BrNO5. The summed E-state index contributed by atoms with van der Waals surface area (Å²) < 4.78 is 21.9. The molecule has 1 atom stereocenters. The molecule has 2 aromatic rings. The fourth-order valence-electron chi connectivity index (χ4n) is 2.54. The monoisotopic (exact) mass is 423 g/mol. The normalized spacial score (nSPS) is 11.5. The second-order valence-electron chi connectivity index (χ2n) is 5.50. The van der Waals surface area contributed by atoms with Gasteiger partial charge in [0.1, 0.15) is 27.5 Å². The van der Waals surface area contributed by atoms with E-state index in [9.17, 15) is 4.79 Å². The average Bonchev–Trinajstić information content (AvgIpc) is 2.67. The maximum absolute atomic E-state index is 12.7. The Morgan fingerprint density at radius 3 is 2.00 bits per heavy atom. The van der Waals surface area contributed by atoms with Gasteiger partial charge in [0.15, 0.2) is 0 Å². The van der Waals surface area contributed by atoms with Gasteiger partial charge in [-0.25, -0.2) is 0 Å². The van der Waals surface area contributed by atoms with E-state index < -0.39 is 0 Å². The summed E-state index contributed by atoms with van der Waals surface area (Å²) >= 11 is 3.40. The second kappa shape index (κ2) is 8.80. The van der Waals surface area contributed by atoms with Crippen molar-refractivity contribution < 1.29 is 23.7 Å². The molecule has 0 bridgehead atoms. The van der Waals surface area contributed by atoms with Crippen LogP contribution in [0.2, 0.25) is 0 Å². The average molecular weight is 424 g/mol. The minimum Gasteiger partial charge on any atom is -0.497 e. The van der Waals surface area contributed by atoms with Crippen LogP contribution in [0.15, 0.2) is 34.8 Å². The Kier molecular flexibility index (Phi) is 6.74. The Hall–Kier alpha value is -2.41. The zero-order chi connectivity index (χ0) is 19.3. The van der Waals surface area contributed by atoms with E-state index in [0.717, 1.165) is 5.56 Å². The van der Waals surface area contributed by atoms with E-state index in [1.54, 1.807) is 32.4 Å². The largest absolute Gasteiger partial charge is 0.497 e.